The van der Waals surface area contributed by atoms with Gasteiger partial charge in [-0.1, -0.05) is 58.3 Å². The highest BCUT2D eigenvalue weighted by Gasteiger charge is 2.02. The van der Waals surface area contributed by atoms with Crippen molar-refractivity contribution in [2.24, 2.45) is 0 Å². The van der Waals surface area contributed by atoms with Crippen LogP contribution in [0, 0.1) is 0 Å². The van der Waals surface area contributed by atoms with Gasteiger partial charge in [0, 0.05) is 32.0 Å². The highest BCUT2D eigenvalue weighted by molar-refractivity contribution is 4.92. The van der Waals surface area contributed by atoms with Crippen LogP contribution in [0.5, 0.6) is 0 Å². The van der Waals surface area contributed by atoms with Gasteiger partial charge in [-0.2, -0.15) is 0 Å². The normalized spacial score (nSPS) is 11.1. The van der Waals surface area contributed by atoms with Gasteiger partial charge in [0.25, 0.3) is 0 Å². The van der Waals surface area contributed by atoms with Crippen molar-refractivity contribution in [3.63, 3.8) is 0 Å². The second-order valence-corrected chi connectivity index (χ2v) is 5.69. The van der Waals surface area contributed by atoms with Crippen molar-refractivity contribution in [3.05, 3.63) is 18.2 Å². The number of hydrogen-bond acceptors (Lipinski definition) is 2. The molecule has 0 unspecified atom stereocenters. The van der Waals surface area contributed by atoms with Gasteiger partial charge in [0.15, 0.2) is 0 Å². The van der Waals surface area contributed by atoms with Crippen LogP contribution in [-0.2, 0) is 13.0 Å². The molecule has 0 aliphatic heterocycles. The van der Waals surface area contributed by atoms with Crippen LogP contribution in [0.3, 0.4) is 0 Å². The summed E-state index contributed by atoms with van der Waals surface area (Å²) in [7, 11) is 0. The number of imidazole rings is 1. The van der Waals surface area contributed by atoms with E-state index in [0.29, 0.717) is 0 Å². The van der Waals surface area contributed by atoms with E-state index in [1.54, 1.807) is 0 Å². The fraction of sp³-hybridized carbons (Fsp3) is 0.824. The third kappa shape index (κ3) is 7.68. The molecule has 20 heavy (non-hydrogen) atoms. The minimum atomic E-state index is 0.260. The Bertz CT molecular complexity index is 323. The van der Waals surface area contributed by atoms with Gasteiger partial charge in [-0.3, -0.25) is 0 Å². The van der Waals surface area contributed by atoms with Crippen molar-refractivity contribution in [3.8, 4) is 0 Å². The zero-order chi connectivity index (χ0) is 14.5. The van der Waals surface area contributed by atoms with E-state index in [-0.39, 0.29) is 6.61 Å². The number of aryl methyl sites for hydroxylation is 2. The van der Waals surface area contributed by atoms with E-state index in [1.165, 1.54) is 63.6 Å². The second kappa shape index (κ2) is 12.0. The highest BCUT2D eigenvalue weighted by Crippen LogP contribution is 2.11. The number of aliphatic hydroxyl groups is 1. The molecular weight excluding hydrogens is 248 g/mol. The summed E-state index contributed by atoms with van der Waals surface area (Å²) >= 11 is 0. The Hall–Kier alpha value is -0.830. The van der Waals surface area contributed by atoms with E-state index >= 15 is 0 Å². The van der Waals surface area contributed by atoms with E-state index in [2.05, 4.69) is 16.5 Å². The van der Waals surface area contributed by atoms with Crippen molar-refractivity contribution < 1.29 is 5.11 Å². The third-order valence-electron chi connectivity index (χ3n) is 3.86. The molecule has 0 atom stereocenters. The summed E-state index contributed by atoms with van der Waals surface area (Å²) in [5, 5.41) is 8.87. The lowest BCUT2D eigenvalue weighted by Gasteiger charge is -2.06. The molecule has 1 rings (SSSR count). The zero-order valence-corrected chi connectivity index (χ0v) is 13.2. The topological polar surface area (TPSA) is 38.0 Å². The SMILES string of the molecule is CCCCCCCCCCCc1nccn1CCCO. The van der Waals surface area contributed by atoms with E-state index in [1.807, 2.05) is 12.4 Å². The molecule has 116 valence electrons. The molecule has 1 aromatic heterocycles. The van der Waals surface area contributed by atoms with Crippen LogP contribution in [0.25, 0.3) is 0 Å². The number of aromatic nitrogens is 2. The summed E-state index contributed by atoms with van der Waals surface area (Å²) < 4.78 is 2.18. The fourth-order valence-electron chi connectivity index (χ4n) is 2.61. The molecule has 0 aliphatic rings. The lowest BCUT2D eigenvalue weighted by molar-refractivity contribution is 0.279. The molecule has 1 N–H and O–H groups in total. The molecule has 0 fully saturated rings. The molecule has 0 saturated heterocycles. The van der Waals surface area contributed by atoms with Crippen LogP contribution in [0.2, 0.25) is 0 Å². The first-order valence-corrected chi connectivity index (χ1v) is 8.49. The maximum absolute atomic E-state index is 8.87. The number of aliphatic hydroxyl groups excluding tert-OH is 1. The summed E-state index contributed by atoms with van der Waals surface area (Å²) in [4.78, 5) is 4.42. The largest absolute Gasteiger partial charge is 0.396 e. The molecule has 0 bridgehead atoms. The van der Waals surface area contributed by atoms with Gasteiger partial charge in [-0.15, -0.1) is 0 Å². The Morgan fingerprint density at radius 2 is 1.60 bits per heavy atom. The molecular formula is C17H32N2O. The monoisotopic (exact) mass is 280 g/mol. The summed E-state index contributed by atoms with van der Waals surface area (Å²) in [6.45, 7) is 3.42. The van der Waals surface area contributed by atoms with Gasteiger partial charge >= 0.3 is 0 Å². The zero-order valence-electron chi connectivity index (χ0n) is 13.2. The summed E-state index contributed by atoms with van der Waals surface area (Å²) in [5.74, 6) is 1.18. The van der Waals surface area contributed by atoms with Crippen LogP contribution in [0.4, 0.5) is 0 Å². The first-order valence-electron chi connectivity index (χ1n) is 8.49. The number of nitrogens with zero attached hydrogens (tertiary/aromatic N) is 2. The lowest BCUT2D eigenvalue weighted by atomic mass is 10.1. The maximum Gasteiger partial charge on any atom is 0.108 e. The number of unbranched alkanes of at least 4 members (excludes halogenated alkanes) is 8. The molecule has 0 saturated carbocycles. The van der Waals surface area contributed by atoms with Gasteiger partial charge < -0.3 is 9.67 Å². The van der Waals surface area contributed by atoms with Gasteiger partial charge in [0.2, 0.25) is 0 Å². The van der Waals surface area contributed by atoms with Crippen molar-refractivity contribution in [2.45, 2.75) is 84.1 Å². The molecule has 0 amide bonds. The predicted octanol–water partition coefficient (Wildman–Crippen LogP) is 4.34. The van der Waals surface area contributed by atoms with E-state index in [9.17, 15) is 0 Å². The molecule has 0 aliphatic carbocycles. The molecule has 0 spiro atoms. The first kappa shape index (κ1) is 17.2. The van der Waals surface area contributed by atoms with Crippen LogP contribution in [-0.4, -0.2) is 21.3 Å². The highest BCUT2D eigenvalue weighted by atomic mass is 16.3. The number of hydrogen-bond donors (Lipinski definition) is 1. The summed E-state index contributed by atoms with van der Waals surface area (Å²) in [6.07, 6.45) is 18.1. The number of rotatable bonds is 13. The molecule has 3 heteroatoms. The average molecular weight is 280 g/mol. The average Bonchev–Trinajstić information content (AvgIpc) is 2.91. The maximum atomic E-state index is 8.87. The Morgan fingerprint density at radius 3 is 2.25 bits per heavy atom. The van der Waals surface area contributed by atoms with E-state index in [0.717, 1.165) is 19.4 Å². The van der Waals surface area contributed by atoms with Crippen LogP contribution in [0.15, 0.2) is 12.4 Å². The summed E-state index contributed by atoms with van der Waals surface area (Å²) in [5.41, 5.74) is 0. The standard InChI is InChI=1S/C17H32N2O/c1-2-3-4-5-6-7-8-9-10-12-17-18-13-15-19(17)14-11-16-20/h13,15,20H,2-12,14,16H2,1H3. The van der Waals surface area contributed by atoms with Gasteiger partial charge in [0.1, 0.15) is 5.82 Å². The quantitative estimate of drug-likeness (QED) is 0.546. The Labute approximate surface area is 124 Å². The minimum absolute atomic E-state index is 0.260. The third-order valence-corrected chi connectivity index (χ3v) is 3.86. The Morgan fingerprint density at radius 1 is 0.950 bits per heavy atom. The molecule has 1 heterocycles. The van der Waals surface area contributed by atoms with E-state index < -0.39 is 0 Å². The van der Waals surface area contributed by atoms with Crippen LogP contribution >= 0.6 is 0 Å². The second-order valence-electron chi connectivity index (χ2n) is 5.69. The first-order chi connectivity index (χ1) is 9.88. The molecule has 3 nitrogen and oxygen atoms in total. The fourth-order valence-corrected chi connectivity index (χ4v) is 2.61. The van der Waals surface area contributed by atoms with Crippen LogP contribution < -0.4 is 0 Å². The van der Waals surface area contributed by atoms with Crippen molar-refractivity contribution in [2.75, 3.05) is 6.61 Å². The molecule has 0 radical (unpaired) electrons. The van der Waals surface area contributed by atoms with Crippen molar-refractivity contribution in [1.82, 2.24) is 9.55 Å². The molecule has 0 aromatic carbocycles. The van der Waals surface area contributed by atoms with E-state index in [4.69, 9.17) is 5.11 Å². The Kier molecular flexibility index (Phi) is 10.3. The van der Waals surface area contributed by atoms with Gasteiger partial charge in [-0.05, 0) is 12.8 Å². The predicted molar refractivity (Wildman–Crippen MR) is 84.9 cm³/mol. The van der Waals surface area contributed by atoms with Crippen LogP contribution in [0.1, 0.15) is 77.0 Å². The Balaban J connectivity index is 1.99. The van der Waals surface area contributed by atoms with Gasteiger partial charge in [-0.25, -0.2) is 4.98 Å². The lowest BCUT2D eigenvalue weighted by Crippen LogP contribution is -2.04. The summed E-state index contributed by atoms with van der Waals surface area (Å²) in [6, 6.07) is 0. The van der Waals surface area contributed by atoms with Crippen molar-refractivity contribution in [1.29, 1.82) is 0 Å². The molecule has 1 aromatic rings. The van der Waals surface area contributed by atoms with Gasteiger partial charge in [0.05, 0.1) is 0 Å². The van der Waals surface area contributed by atoms with Crippen molar-refractivity contribution >= 4 is 0 Å². The smallest absolute Gasteiger partial charge is 0.108 e. The minimum Gasteiger partial charge on any atom is -0.396 e.